The highest BCUT2D eigenvalue weighted by molar-refractivity contribution is 7.14. The Hall–Kier alpha value is -2.24. The lowest BCUT2D eigenvalue weighted by atomic mass is 10.1. The van der Waals surface area contributed by atoms with Crippen LogP contribution in [0.3, 0.4) is 0 Å². The average Bonchev–Trinajstić information content (AvgIpc) is 3.17. The van der Waals surface area contributed by atoms with Gasteiger partial charge in [-0.05, 0) is 29.0 Å². The van der Waals surface area contributed by atoms with Gasteiger partial charge in [0, 0.05) is 21.8 Å². The summed E-state index contributed by atoms with van der Waals surface area (Å²) >= 11 is 3.20. The van der Waals surface area contributed by atoms with E-state index in [1.165, 1.54) is 0 Å². The number of hydrogen-bond acceptors (Lipinski definition) is 4. The minimum atomic E-state index is -0.101. The number of fused-ring (bicyclic) bond motifs is 1. The molecule has 3 heterocycles. The second-order valence-electron chi connectivity index (χ2n) is 4.65. The third-order valence-electron chi connectivity index (χ3n) is 3.30. The van der Waals surface area contributed by atoms with Gasteiger partial charge in [-0.25, -0.2) is 4.98 Å². The lowest BCUT2D eigenvalue weighted by Gasteiger charge is -2.00. The average molecular weight is 310 g/mol. The molecule has 0 saturated carbocycles. The molecule has 1 N–H and O–H groups in total. The maximum absolute atomic E-state index is 12.2. The van der Waals surface area contributed by atoms with Gasteiger partial charge in [0.15, 0.2) is 0 Å². The summed E-state index contributed by atoms with van der Waals surface area (Å²) in [5.41, 5.74) is 3.20. The number of benzene rings is 1. The van der Waals surface area contributed by atoms with Crippen molar-refractivity contribution >= 4 is 33.6 Å². The number of pyridine rings is 1. The van der Waals surface area contributed by atoms with Crippen molar-refractivity contribution in [2.45, 2.75) is 0 Å². The third kappa shape index (κ3) is 2.20. The van der Waals surface area contributed by atoms with Crippen LogP contribution < -0.4 is 5.56 Å². The molecule has 0 atom stereocenters. The van der Waals surface area contributed by atoms with E-state index in [-0.39, 0.29) is 5.56 Å². The molecule has 4 rings (SSSR count). The van der Waals surface area contributed by atoms with E-state index in [9.17, 15) is 4.79 Å². The van der Waals surface area contributed by atoms with Crippen LogP contribution in [0.2, 0.25) is 0 Å². The Labute approximate surface area is 128 Å². The SMILES string of the molecule is O=c1[nH]c2ccccc2cc1-c1csc(-c2ccsc2)n1. The van der Waals surface area contributed by atoms with Crippen LogP contribution >= 0.6 is 22.7 Å². The smallest absolute Gasteiger partial charge is 0.257 e. The summed E-state index contributed by atoms with van der Waals surface area (Å²) < 4.78 is 0. The molecular weight excluding hydrogens is 300 g/mol. The lowest BCUT2D eigenvalue weighted by molar-refractivity contribution is 1.28. The molecule has 3 aromatic heterocycles. The van der Waals surface area contributed by atoms with Crippen LogP contribution in [-0.2, 0) is 0 Å². The summed E-state index contributed by atoms with van der Waals surface area (Å²) in [6, 6.07) is 11.7. The predicted molar refractivity (Wildman–Crippen MR) is 89.0 cm³/mol. The molecular formula is C16H10N2OS2. The van der Waals surface area contributed by atoms with E-state index in [1.807, 2.05) is 47.2 Å². The Morgan fingerprint density at radius 3 is 2.86 bits per heavy atom. The Bertz CT molecular complexity index is 967. The van der Waals surface area contributed by atoms with Gasteiger partial charge in [0.1, 0.15) is 5.01 Å². The molecule has 5 heteroatoms. The standard InChI is InChI=1S/C16H10N2OS2/c19-15-12(7-10-3-1-2-4-13(10)17-15)14-9-21-16(18-14)11-5-6-20-8-11/h1-9H,(H,17,19). The zero-order chi connectivity index (χ0) is 14.2. The zero-order valence-corrected chi connectivity index (χ0v) is 12.5. The summed E-state index contributed by atoms with van der Waals surface area (Å²) in [7, 11) is 0. The maximum atomic E-state index is 12.2. The van der Waals surface area contributed by atoms with Crippen LogP contribution in [0.15, 0.2) is 57.3 Å². The minimum Gasteiger partial charge on any atom is -0.321 e. The van der Waals surface area contributed by atoms with Gasteiger partial charge in [-0.1, -0.05) is 18.2 Å². The third-order valence-corrected chi connectivity index (χ3v) is 4.88. The monoisotopic (exact) mass is 310 g/mol. The van der Waals surface area contributed by atoms with Crippen LogP contribution in [0.25, 0.3) is 32.7 Å². The van der Waals surface area contributed by atoms with Crippen LogP contribution in [0, 0.1) is 0 Å². The molecule has 21 heavy (non-hydrogen) atoms. The number of H-pyrrole nitrogens is 1. The van der Waals surface area contributed by atoms with Crippen molar-refractivity contribution in [2.75, 3.05) is 0 Å². The first-order chi connectivity index (χ1) is 10.3. The first kappa shape index (κ1) is 12.5. The minimum absolute atomic E-state index is 0.101. The van der Waals surface area contributed by atoms with Gasteiger partial charge in [0.25, 0.3) is 5.56 Å². The molecule has 0 fully saturated rings. The number of nitrogens with one attached hydrogen (secondary N) is 1. The van der Waals surface area contributed by atoms with Crippen molar-refractivity contribution in [3.63, 3.8) is 0 Å². The molecule has 0 amide bonds. The van der Waals surface area contributed by atoms with Crippen LogP contribution in [0.4, 0.5) is 0 Å². The summed E-state index contributed by atoms with van der Waals surface area (Å²) in [5, 5.41) is 7.98. The highest BCUT2D eigenvalue weighted by atomic mass is 32.1. The van der Waals surface area contributed by atoms with Gasteiger partial charge in [-0.15, -0.1) is 11.3 Å². The lowest BCUT2D eigenvalue weighted by Crippen LogP contribution is -2.08. The zero-order valence-electron chi connectivity index (χ0n) is 10.9. The number of aromatic amines is 1. The number of rotatable bonds is 2. The van der Waals surface area contributed by atoms with E-state index in [2.05, 4.69) is 15.3 Å². The summed E-state index contributed by atoms with van der Waals surface area (Å²) in [6.07, 6.45) is 0. The Kier molecular flexibility index (Phi) is 2.94. The number of thiazole rings is 1. The molecule has 0 spiro atoms. The maximum Gasteiger partial charge on any atom is 0.257 e. The van der Waals surface area contributed by atoms with E-state index in [1.54, 1.807) is 22.7 Å². The molecule has 0 saturated heterocycles. The first-order valence-corrected chi connectivity index (χ1v) is 8.24. The van der Waals surface area contributed by atoms with E-state index in [0.717, 1.165) is 27.2 Å². The van der Waals surface area contributed by atoms with Crippen molar-refractivity contribution in [3.05, 3.63) is 62.9 Å². The fourth-order valence-corrected chi connectivity index (χ4v) is 3.79. The number of thiophene rings is 1. The van der Waals surface area contributed by atoms with Gasteiger partial charge < -0.3 is 4.98 Å². The number of nitrogens with zero attached hydrogens (tertiary/aromatic N) is 1. The largest absolute Gasteiger partial charge is 0.321 e. The van der Waals surface area contributed by atoms with E-state index >= 15 is 0 Å². The van der Waals surface area contributed by atoms with Crippen LogP contribution in [0.5, 0.6) is 0 Å². The molecule has 0 bridgehead atoms. The molecule has 0 aliphatic heterocycles. The first-order valence-electron chi connectivity index (χ1n) is 6.42. The molecule has 0 radical (unpaired) electrons. The fourth-order valence-electron chi connectivity index (χ4n) is 2.25. The van der Waals surface area contributed by atoms with E-state index in [4.69, 9.17) is 0 Å². The number of aromatic nitrogens is 2. The van der Waals surface area contributed by atoms with Gasteiger partial charge in [0.2, 0.25) is 0 Å². The highest BCUT2D eigenvalue weighted by Gasteiger charge is 2.11. The molecule has 4 aromatic rings. The quantitative estimate of drug-likeness (QED) is 0.597. The van der Waals surface area contributed by atoms with Crippen LogP contribution in [0.1, 0.15) is 0 Å². The van der Waals surface area contributed by atoms with Gasteiger partial charge in [-0.2, -0.15) is 11.3 Å². The molecule has 0 aliphatic rings. The molecule has 3 nitrogen and oxygen atoms in total. The molecule has 0 aliphatic carbocycles. The Morgan fingerprint density at radius 1 is 1.10 bits per heavy atom. The van der Waals surface area contributed by atoms with Crippen molar-refractivity contribution in [3.8, 4) is 21.8 Å². The van der Waals surface area contributed by atoms with Gasteiger partial charge in [0.05, 0.1) is 11.3 Å². The highest BCUT2D eigenvalue weighted by Crippen LogP contribution is 2.29. The predicted octanol–water partition coefficient (Wildman–Crippen LogP) is 4.38. The topological polar surface area (TPSA) is 45.8 Å². The second-order valence-corrected chi connectivity index (χ2v) is 6.29. The van der Waals surface area contributed by atoms with Gasteiger partial charge >= 0.3 is 0 Å². The Balaban J connectivity index is 1.87. The Morgan fingerprint density at radius 2 is 2.00 bits per heavy atom. The van der Waals surface area contributed by atoms with Crippen molar-refractivity contribution in [1.29, 1.82) is 0 Å². The summed E-state index contributed by atoms with van der Waals surface area (Å²) in [6.45, 7) is 0. The summed E-state index contributed by atoms with van der Waals surface area (Å²) in [5.74, 6) is 0. The fraction of sp³-hybridized carbons (Fsp3) is 0. The van der Waals surface area contributed by atoms with E-state index in [0.29, 0.717) is 5.56 Å². The van der Waals surface area contributed by atoms with Crippen molar-refractivity contribution in [1.82, 2.24) is 9.97 Å². The molecule has 1 aromatic carbocycles. The van der Waals surface area contributed by atoms with Gasteiger partial charge in [-0.3, -0.25) is 4.79 Å². The van der Waals surface area contributed by atoms with E-state index < -0.39 is 0 Å². The van der Waals surface area contributed by atoms with Crippen molar-refractivity contribution in [2.24, 2.45) is 0 Å². The normalized spacial score (nSPS) is 11.0. The second kappa shape index (κ2) is 4.95. The van der Waals surface area contributed by atoms with Crippen LogP contribution in [-0.4, -0.2) is 9.97 Å². The number of hydrogen-bond donors (Lipinski definition) is 1. The molecule has 0 unspecified atom stereocenters. The summed E-state index contributed by atoms with van der Waals surface area (Å²) in [4.78, 5) is 19.7. The number of para-hydroxylation sites is 1. The van der Waals surface area contributed by atoms with Crippen molar-refractivity contribution < 1.29 is 0 Å². The molecule has 102 valence electrons.